The van der Waals surface area contributed by atoms with E-state index in [9.17, 15) is 9.18 Å². The van der Waals surface area contributed by atoms with Gasteiger partial charge in [0.1, 0.15) is 5.82 Å². The number of rotatable bonds is 8. The van der Waals surface area contributed by atoms with E-state index < -0.39 is 0 Å². The van der Waals surface area contributed by atoms with Gasteiger partial charge >= 0.3 is 6.03 Å². The Balaban J connectivity index is 2.15. The van der Waals surface area contributed by atoms with Crippen LogP contribution in [-0.4, -0.2) is 49.3 Å². The SMILES string of the molecule is CN(CCNC(=O)NCCCO)Cc1ccc(F)cc1. The summed E-state index contributed by atoms with van der Waals surface area (Å²) in [5.74, 6) is -0.238. The second-order valence-corrected chi connectivity index (χ2v) is 4.62. The molecule has 1 rings (SSSR count). The average molecular weight is 283 g/mol. The summed E-state index contributed by atoms with van der Waals surface area (Å²) in [4.78, 5) is 13.4. The molecule has 5 nitrogen and oxygen atoms in total. The first-order chi connectivity index (χ1) is 9.61. The summed E-state index contributed by atoms with van der Waals surface area (Å²) in [6.07, 6.45) is 0.553. The van der Waals surface area contributed by atoms with E-state index in [2.05, 4.69) is 10.6 Å². The summed E-state index contributed by atoms with van der Waals surface area (Å²) in [7, 11) is 1.94. The minimum absolute atomic E-state index is 0.0701. The lowest BCUT2D eigenvalue weighted by Crippen LogP contribution is -2.40. The van der Waals surface area contributed by atoms with Crippen LogP contribution in [0, 0.1) is 5.82 Å². The molecule has 0 fully saturated rings. The maximum Gasteiger partial charge on any atom is 0.314 e. The molecule has 0 bridgehead atoms. The van der Waals surface area contributed by atoms with Crippen molar-refractivity contribution in [3.8, 4) is 0 Å². The summed E-state index contributed by atoms with van der Waals surface area (Å²) >= 11 is 0. The molecule has 2 amide bonds. The first kappa shape index (κ1) is 16.4. The van der Waals surface area contributed by atoms with Gasteiger partial charge in [-0.1, -0.05) is 12.1 Å². The molecule has 0 atom stereocenters. The summed E-state index contributed by atoms with van der Waals surface area (Å²) in [5, 5.41) is 14.0. The number of carbonyl (C=O) groups is 1. The largest absolute Gasteiger partial charge is 0.396 e. The topological polar surface area (TPSA) is 64.6 Å². The minimum atomic E-state index is -0.238. The first-order valence-electron chi connectivity index (χ1n) is 6.67. The third kappa shape index (κ3) is 7.06. The monoisotopic (exact) mass is 283 g/mol. The lowest BCUT2D eigenvalue weighted by molar-refractivity contribution is 0.235. The predicted octanol–water partition coefficient (Wildman–Crippen LogP) is 0.939. The number of likely N-dealkylation sites (N-methyl/N-ethyl adjacent to an activating group) is 1. The van der Waals surface area contributed by atoms with Crippen LogP contribution in [-0.2, 0) is 6.54 Å². The highest BCUT2D eigenvalue weighted by molar-refractivity contribution is 5.73. The van der Waals surface area contributed by atoms with E-state index in [-0.39, 0.29) is 18.5 Å². The van der Waals surface area contributed by atoms with Crippen molar-refractivity contribution >= 4 is 6.03 Å². The van der Waals surface area contributed by atoms with Gasteiger partial charge in [0.15, 0.2) is 0 Å². The summed E-state index contributed by atoms with van der Waals surface area (Å²) in [5.41, 5.74) is 1.03. The van der Waals surface area contributed by atoms with E-state index in [1.807, 2.05) is 11.9 Å². The van der Waals surface area contributed by atoms with Gasteiger partial charge in [-0.3, -0.25) is 0 Å². The number of hydrogen-bond acceptors (Lipinski definition) is 3. The fraction of sp³-hybridized carbons (Fsp3) is 0.500. The fourth-order valence-electron chi connectivity index (χ4n) is 1.68. The van der Waals surface area contributed by atoms with Crippen molar-refractivity contribution in [1.82, 2.24) is 15.5 Å². The Morgan fingerprint density at radius 2 is 1.90 bits per heavy atom. The molecule has 0 unspecified atom stereocenters. The molecule has 0 aliphatic rings. The third-order valence-electron chi connectivity index (χ3n) is 2.77. The normalized spacial score (nSPS) is 10.6. The zero-order chi connectivity index (χ0) is 14.8. The quantitative estimate of drug-likeness (QED) is 0.622. The van der Waals surface area contributed by atoms with Crippen LogP contribution in [0.2, 0.25) is 0 Å². The Bertz CT molecular complexity index is 398. The van der Waals surface area contributed by atoms with Crippen LogP contribution in [0.25, 0.3) is 0 Å². The summed E-state index contributed by atoms with van der Waals surface area (Å²) in [6.45, 7) is 2.47. The lowest BCUT2D eigenvalue weighted by Gasteiger charge is -2.17. The van der Waals surface area contributed by atoms with Gasteiger partial charge in [-0.25, -0.2) is 9.18 Å². The van der Waals surface area contributed by atoms with Gasteiger partial charge in [-0.05, 0) is 31.2 Å². The highest BCUT2D eigenvalue weighted by Crippen LogP contribution is 2.04. The van der Waals surface area contributed by atoms with Crippen LogP contribution < -0.4 is 10.6 Å². The Kier molecular flexibility index (Phi) is 7.60. The minimum Gasteiger partial charge on any atom is -0.396 e. The molecule has 0 aromatic heterocycles. The fourth-order valence-corrected chi connectivity index (χ4v) is 1.68. The number of nitrogens with zero attached hydrogens (tertiary/aromatic N) is 1. The molecule has 0 saturated heterocycles. The van der Waals surface area contributed by atoms with Crippen molar-refractivity contribution in [2.45, 2.75) is 13.0 Å². The third-order valence-corrected chi connectivity index (χ3v) is 2.77. The van der Waals surface area contributed by atoms with E-state index in [1.165, 1.54) is 12.1 Å². The van der Waals surface area contributed by atoms with Crippen molar-refractivity contribution in [2.24, 2.45) is 0 Å². The van der Waals surface area contributed by atoms with Crippen molar-refractivity contribution < 1.29 is 14.3 Å². The Labute approximate surface area is 118 Å². The lowest BCUT2D eigenvalue weighted by atomic mass is 10.2. The molecule has 0 radical (unpaired) electrons. The van der Waals surface area contributed by atoms with Gasteiger partial charge in [0.25, 0.3) is 0 Å². The molecule has 1 aromatic carbocycles. The van der Waals surface area contributed by atoms with E-state index >= 15 is 0 Å². The highest BCUT2D eigenvalue weighted by Gasteiger charge is 2.02. The van der Waals surface area contributed by atoms with Crippen LogP contribution in [0.1, 0.15) is 12.0 Å². The van der Waals surface area contributed by atoms with Gasteiger partial charge in [0.2, 0.25) is 0 Å². The zero-order valence-corrected chi connectivity index (χ0v) is 11.7. The molecule has 0 spiro atoms. The van der Waals surface area contributed by atoms with E-state index in [4.69, 9.17) is 5.11 Å². The number of urea groups is 1. The predicted molar refractivity (Wildman–Crippen MR) is 75.8 cm³/mol. The van der Waals surface area contributed by atoms with E-state index in [1.54, 1.807) is 12.1 Å². The van der Waals surface area contributed by atoms with Crippen molar-refractivity contribution in [2.75, 3.05) is 33.3 Å². The maximum atomic E-state index is 12.8. The van der Waals surface area contributed by atoms with Crippen LogP contribution >= 0.6 is 0 Å². The number of hydrogen-bond donors (Lipinski definition) is 3. The van der Waals surface area contributed by atoms with E-state index in [0.717, 1.165) is 5.56 Å². The summed E-state index contributed by atoms with van der Waals surface area (Å²) < 4.78 is 12.8. The maximum absolute atomic E-state index is 12.8. The van der Waals surface area contributed by atoms with Crippen LogP contribution in [0.15, 0.2) is 24.3 Å². The molecular weight excluding hydrogens is 261 g/mol. The number of benzene rings is 1. The highest BCUT2D eigenvalue weighted by atomic mass is 19.1. The number of aliphatic hydroxyl groups is 1. The molecule has 0 aliphatic carbocycles. The van der Waals surface area contributed by atoms with E-state index in [0.29, 0.717) is 32.6 Å². The van der Waals surface area contributed by atoms with Crippen LogP contribution in [0.5, 0.6) is 0 Å². The molecule has 0 heterocycles. The number of aliphatic hydroxyl groups excluding tert-OH is 1. The Hall–Kier alpha value is -1.66. The van der Waals surface area contributed by atoms with Gasteiger partial charge in [-0.15, -0.1) is 0 Å². The smallest absolute Gasteiger partial charge is 0.314 e. The Morgan fingerprint density at radius 1 is 1.25 bits per heavy atom. The number of carbonyl (C=O) groups excluding carboxylic acids is 1. The number of nitrogens with one attached hydrogen (secondary N) is 2. The molecule has 0 aliphatic heterocycles. The number of amides is 2. The van der Waals surface area contributed by atoms with Gasteiger partial charge < -0.3 is 20.6 Å². The molecular formula is C14H22FN3O2. The van der Waals surface area contributed by atoms with Crippen LogP contribution in [0.3, 0.4) is 0 Å². The van der Waals surface area contributed by atoms with Crippen molar-refractivity contribution in [3.05, 3.63) is 35.6 Å². The molecule has 3 N–H and O–H groups in total. The molecule has 0 saturated carbocycles. The van der Waals surface area contributed by atoms with Gasteiger partial charge in [0, 0.05) is 32.8 Å². The molecule has 1 aromatic rings. The Morgan fingerprint density at radius 3 is 2.55 bits per heavy atom. The molecule has 6 heteroatoms. The zero-order valence-electron chi connectivity index (χ0n) is 11.7. The average Bonchev–Trinajstić information content (AvgIpc) is 2.42. The van der Waals surface area contributed by atoms with Crippen molar-refractivity contribution in [1.29, 1.82) is 0 Å². The molecule has 112 valence electrons. The number of halogens is 1. The van der Waals surface area contributed by atoms with Crippen molar-refractivity contribution in [3.63, 3.8) is 0 Å². The standard InChI is InChI=1S/C14H22FN3O2/c1-18(11-12-3-5-13(15)6-4-12)9-8-17-14(20)16-7-2-10-19/h3-6,19H,2,7-11H2,1H3,(H2,16,17,20). The second-order valence-electron chi connectivity index (χ2n) is 4.62. The first-order valence-corrected chi connectivity index (χ1v) is 6.67. The van der Waals surface area contributed by atoms with Gasteiger partial charge in [0.05, 0.1) is 0 Å². The second kappa shape index (κ2) is 9.28. The van der Waals surface area contributed by atoms with Crippen LogP contribution in [0.4, 0.5) is 9.18 Å². The van der Waals surface area contributed by atoms with Gasteiger partial charge in [-0.2, -0.15) is 0 Å². The summed E-state index contributed by atoms with van der Waals surface area (Å²) in [6, 6.07) is 6.15. The molecule has 20 heavy (non-hydrogen) atoms.